The second kappa shape index (κ2) is 7.61. The first kappa shape index (κ1) is 18.5. The van der Waals surface area contributed by atoms with Gasteiger partial charge in [0.25, 0.3) is 0 Å². The molecular weight excluding hydrogens is 356 g/mol. The number of hydrogen-bond acceptors (Lipinski definition) is 6. The summed E-state index contributed by atoms with van der Waals surface area (Å²) in [6.45, 7) is 8.14. The van der Waals surface area contributed by atoms with Crippen LogP contribution in [0.5, 0.6) is 0 Å². The Morgan fingerprint density at radius 1 is 1.36 bits per heavy atom. The molecule has 1 aliphatic rings. The maximum Gasteiger partial charge on any atom is 0.331 e. The zero-order valence-corrected chi connectivity index (χ0v) is 16.5. The maximum absolute atomic E-state index is 11.7. The zero-order chi connectivity index (χ0) is 19.7. The molecule has 0 bridgehead atoms. The van der Waals surface area contributed by atoms with E-state index >= 15 is 0 Å². The van der Waals surface area contributed by atoms with E-state index in [0.29, 0.717) is 30.8 Å². The molecule has 1 aliphatic heterocycles. The molecule has 0 unspecified atom stereocenters. The topological polar surface area (TPSA) is 86.9 Å². The lowest BCUT2D eigenvalue weighted by Gasteiger charge is -2.20. The number of ether oxygens (including phenoxy) is 1. The van der Waals surface area contributed by atoms with E-state index in [4.69, 9.17) is 9.72 Å². The largest absolute Gasteiger partial charge is 0.464 e. The van der Waals surface area contributed by atoms with Gasteiger partial charge in [-0.1, -0.05) is 27.2 Å². The first-order valence-corrected chi connectivity index (χ1v) is 9.85. The van der Waals surface area contributed by atoms with Crippen LogP contribution in [0.2, 0.25) is 0 Å². The number of nitrogens with one attached hydrogen (secondary N) is 1. The van der Waals surface area contributed by atoms with Gasteiger partial charge < -0.3 is 14.6 Å². The highest BCUT2D eigenvalue weighted by atomic mass is 16.5. The van der Waals surface area contributed by atoms with Crippen molar-refractivity contribution < 1.29 is 9.53 Å². The van der Waals surface area contributed by atoms with Crippen molar-refractivity contribution in [1.82, 2.24) is 24.3 Å². The first-order valence-electron chi connectivity index (χ1n) is 9.85. The van der Waals surface area contributed by atoms with E-state index in [1.54, 1.807) is 17.1 Å². The summed E-state index contributed by atoms with van der Waals surface area (Å²) in [5, 5.41) is 8.49. The van der Waals surface area contributed by atoms with Crippen LogP contribution in [0.25, 0.3) is 11.0 Å². The van der Waals surface area contributed by atoms with Crippen LogP contribution in [-0.2, 0) is 16.1 Å². The smallest absolute Gasteiger partial charge is 0.331 e. The van der Waals surface area contributed by atoms with Crippen molar-refractivity contribution in [2.75, 3.05) is 11.9 Å². The molecule has 0 saturated carbocycles. The van der Waals surface area contributed by atoms with E-state index in [1.165, 1.54) is 0 Å². The fraction of sp³-hybridized carbons (Fsp3) is 0.500. The highest BCUT2D eigenvalue weighted by Crippen LogP contribution is 2.24. The maximum atomic E-state index is 11.7. The van der Waals surface area contributed by atoms with Crippen LogP contribution in [0.1, 0.15) is 39.7 Å². The third-order valence-corrected chi connectivity index (χ3v) is 5.49. The molecule has 0 spiro atoms. The number of nitrogens with zero attached hydrogens (tertiary/aromatic N) is 5. The summed E-state index contributed by atoms with van der Waals surface area (Å²) in [7, 11) is 0. The number of fused-ring (bicyclic) bond motifs is 1. The lowest BCUT2D eigenvalue weighted by molar-refractivity contribution is -0.140. The van der Waals surface area contributed by atoms with Crippen molar-refractivity contribution in [3.05, 3.63) is 30.9 Å². The van der Waals surface area contributed by atoms with E-state index in [0.717, 1.165) is 29.7 Å². The van der Waals surface area contributed by atoms with Gasteiger partial charge in [0.05, 0.1) is 18.5 Å². The quantitative estimate of drug-likeness (QED) is 0.629. The van der Waals surface area contributed by atoms with Crippen molar-refractivity contribution in [2.24, 2.45) is 11.8 Å². The second-order valence-corrected chi connectivity index (χ2v) is 7.66. The molecule has 2 atom stereocenters. The van der Waals surface area contributed by atoms with Gasteiger partial charge in [-0.2, -0.15) is 10.1 Å². The van der Waals surface area contributed by atoms with Gasteiger partial charge >= 0.3 is 5.97 Å². The number of carbonyl (C=O) groups is 1. The van der Waals surface area contributed by atoms with Crippen LogP contribution in [0.4, 0.5) is 11.6 Å². The van der Waals surface area contributed by atoms with Gasteiger partial charge in [0, 0.05) is 36.9 Å². The Kier molecular flexibility index (Phi) is 5.02. The minimum absolute atomic E-state index is 0.235. The van der Waals surface area contributed by atoms with Gasteiger partial charge in [0.2, 0.25) is 5.95 Å². The van der Waals surface area contributed by atoms with Crippen LogP contribution in [0.15, 0.2) is 30.9 Å². The first-order chi connectivity index (χ1) is 13.5. The fourth-order valence-corrected chi connectivity index (χ4v) is 3.67. The Bertz CT molecular complexity index is 976. The molecule has 28 heavy (non-hydrogen) atoms. The molecule has 0 aromatic carbocycles. The molecule has 3 aromatic heterocycles. The summed E-state index contributed by atoms with van der Waals surface area (Å²) < 4.78 is 8.84. The van der Waals surface area contributed by atoms with Gasteiger partial charge in [0.15, 0.2) is 6.04 Å². The standard InChI is InChI=1S/C20H26N6O2/c1-4-14(13(2)3)11-25-7-5-15-9-21-20(24-18(15)25)23-16-10-22-26(12-16)17-6-8-28-19(17)27/h5,7,9-10,12-14,17H,4,6,8,11H2,1-3H3,(H,21,23,24)/t14-,17+/m1/s1. The Balaban J connectivity index is 1.54. The molecule has 1 fully saturated rings. The van der Waals surface area contributed by atoms with Gasteiger partial charge in [-0.25, -0.2) is 9.78 Å². The number of esters is 1. The number of carbonyl (C=O) groups excluding carboxylic acids is 1. The Labute approximate surface area is 163 Å². The molecule has 8 heteroatoms. The second-order valence-electron chi connectivity index (χ2n) is 7.66. The summed E-state index contributed by atoms with van der Waals surface area (Å²) >= 11 is 0. The van der Waals surface area contributed by atoms with Gasteiger partial charge in [-0.05, 0) is 17.9 Å². The van der Waals surface area contributed by atoms with Gasteiger partial charge in [0.1, 0.15) is 5.65 Å². The van der Waals surface area contributed by atoms with Gasteiger partial charge in [-0.3, -0.25) is 4.68 Å². The molecule has 0 radical (unpaired) electrons. The van der Waals surface area contributed by atoms with Crippen molar-refractivity contribution in [3.8, 4) is 0 Å². The fourth-order valence-electron chi connectivity index (χ4n) is 3.67. The lowest BCUT2D eigenvalue weighted by atomic mass is 9.93. The predicted octanol–water partition coefficient (Wildman–Crippen LogP) is 3.54. The van der Waals surface area contributed by atoms with Crippen molar-refractivity contribution in [1.29, 1.82) is 0 Å². The summed E-state index contributed by atoms with van der Waals surface area (Å²) in [5.74, 6) is 1.50. The average Bonchev–Trinajstić information content (AvgIpc) is 3.39. The van der Waals surface area contributed by atoms with Crippen molar-refractivity contribution in [2.45, 2.75) is 46.2 Å². The third kappa shape index (κ3) is 3.58. The SMILES string of the molecule is CC[C@H](Cn1ccc2cnc(Nc3cnn([C@H]4CCOC4=O)c3)nc21)C(C)C. The highest BCUT2D eigenvalue weighted by molar-refractivity contribution is 5.77. The van der Waals surface area contributed by atoms with E-state index in [1.807, 2.05) is 6.20 Å². The Morgan fingerprint density at radius 3 is 2.93 bits per heavy atom. The number of aromatic nitrogens is 5. The van der Waals surface area contributed by atoms with E-state index < -0.39 is 0 Å². The van der Waals surface area contributed by atoms with Crippen LogP contribution in [0, 0.1) is 11.8 Å². The van der Waals surface area contributed by atoms with Crippen LogP contribution >= 0.6 is 0 Å². The van der Waals surface area contributed by atoms with Crippen LogP contribution in [-0.4, -0.2) is 36.9 Å². The number of rotatable bonds is 7. The molecule has 3 aromatic rings. The highest BCUT2D eigenvalue weighted by Gasteiger charge is 2.28. The van der Waals surface area contributed by atoms with Crippen LogP contribution in [0.3, 0.4) is 0 Å². The summed E-state index contributed by atoms with van der Waals surface area (Å²) in [6.07, 6.45) is 9.15. The zero-order valence-electron chi connectivity index (χ0n) is 16.5. The Hall–Kier alpha value is -2.90. The molecule has 0 amide bonds. The molecule has 4 heterocycles. The molecule has 8 nitrogen and oxygen atoms in total. The number of hydrogen-bond donors (Lipinski definition) is 1. The monoisotopic (exact) mass is 382 g/mol. The molecular formula is C20H26N6O2. The third-order valence-electron chi connectivity index (χ3n) is 5.49. The predicted molar refractivity (Wildman–Crippen MR) is 106 cm³/mol. The van der Waals surface area contributed by atoms with Crippen LogP contribution < -0.4 is 5.32 Å². The molecule has 148 valence electrons. The van der Waals surface area contributed by atoms with Crippen molar-refractivity contribution in [3.63, 3.8) is 0 Å². The van der Waals surface area contributed by atoms with E-state index in [2.05, 4.69) is 53.0 Å². The van der Waals surface area contributed by atoms with E-state index in [9.17, 15) is 4.79 Å². The van der Waals surface area contributed by atoms with Crippen molar-refractivity contribution >= 4 is 28.6 Å². The lowest BCUT2D eigenvalue weighted by Crippen LogP contribution is -2.15. The number of cyclic esters (lactones) is 1. The van der Waals surface area contributed by atoms with Gasteiger partial charge in [-0.15, -0.1) is 0 Å². The molecule has 1 saturated heterocycles. The minimum atomic E-state index is -0.349. The van der Waals surface area contributed by atoms with E-state index in [-0.39, 0.29) is 12.0 Å². The molecule has 4 rings (SSSR count). The average molecular weight is 382 g/mol. The minimum Gasteiger partial charge on any atom is -0.464 e. The summed E-state index contributed by atoms with van der Waals surface area (Å²) in [4.78, 5) is 20.8. The summed E-state index contributed by atoms with van der Waals surface area (Å²) in [6, 6.07) is 1.70. The summed E-state index contributed by atoms with van der Waals surface area (Å²) in [5.41, 5.74) is 1.66. The normalized spacial score (nSPS) is 18.0. The molecule has 1 N–H and O–H groups in total. The molecule has 0 aliphatic carbocycles. The Morgan fingerprint density at radius 2 is 2.21 bits per heavy atom. The number of anilines is 2.